The topological polar surface area (TPSA) is 88.6 Å². The third-order valence-corrected chi connectivity index (χ3v) is 6.94. The summed E-state index contributed by atoms with van der Waals surface area (Å²) >= 11 is 0. The molecule has 3 aromatic carbocycles. The van der Waals surface area contributed by atoms with Crippen molar-refractivity contribution in [1.29, 1.82) is 0 Å². The van der Waals surface area contributed by atoms with Gasteiger partial charge in [0.05, 0.1) is 13.2 Å². The Balaban J connectivity index is 1.24. The number of hydrogen-bond acceptors (Lipinski definition) is 7. The highest BCUT2D eigenvalue weighted by Crippen LogP contribution is 2.34. The van der Waals surface area contributed by atoms with E-state index in [9.17, 15) is 9.18 Å². The van der Waals surface area contributed by atoms with Gasteiger partial charge in [-0.15, -0.1) is 0 Å². The molecule has 1 saturated heterocycles. The monoisotopic (exact) mass is 513 g/mol. The van der Waals surface area contributed by atoms with Crippen molar-refractivity contribution in [3.63, 3.8) is 0 Å². The number of carbonyl (C=O) groups is 1. The number of fused-ring (bicyclic) bond motifs is 1. The summed E-state index contributed by atoms with van der Waals surface area (Å²) in [5, 5.41) is 7.89. The van der Waals surface area contributed by atoms with E-state index in [2.05, 4.69) is 20.6 Å². The number of carbonyl (C=O) groups excluding carboxylic acids is 1. The summed E-state index contributed by atoms with van der Waals surface area (Å²) in [7, 11) is 0. The molecule has 2 fully saturated rings. The van der Waals surface area contributed by atoms with Crippen LogP contribution < -0.4 is 20.3 Å². The zero-order valence-electron chi connectivity index (χ0n) is 20.8. The van der Waals surface area contributed by atoms with E-state index < -0.39 is 5.82 Å². The van der Waals surface area contributed by atoms with Gasteiger partial charge in [-0.2, -0.15) is 4.98 Å². The minimum atomic E-state index is -0.455. The van der Waals surface area contributed by atoms with Gasteiger partial charge in [0, 0.05) is 59.1 Å². The Bertz CT molecular complexity index is 1470. The van der Waals surface area contributed by atoms with Gasteiger partial charge in [0.25, 0.3) is 5.91 Å². The van der Waals surface area contributed by atoms with Crippen molar-refractivity contribution >= 4 is 34.0 Å². The number of halogens is 1. The molecule has 9 heteroatoms. The van der Waals surface area contributed by atoms with Crippen LogP contribution in [0.2, 0.25) is 0 Å². The molecule has 0 radical (unpaired) electrons. The molecule has 6 rings (SSSR count). The van der Waals surface area contributed by atoms with Crippen LogP contribution in [0.1, 0.15) is 29.6 Å². The lowest BCUT2D eigenvalue weighted by Gasteiger charge is -2.29. The summed E-state index contributed by atoms with van der Waals surface area (Å²) in [6, 6.07) is 17.8. The average Bonchev–Trinajstić information content (AvgIpc) is 2.92. The van der Waals surface area contributed by atoms with E-state index in [-0.39, 0.29) is 11.5 Å². The minimum absolute atomic E-state index is 0.253. The van der Waals surface area contributed by atoms with Gasteiger partial charge in [-0.1, -0.05) is 24.3 Å². The highest BCUT2D eigenvalue weighted by Gasteiger charge is 2.19. The van der Waals surface area contributed by atoms with Crippen LogP contribution in [0.5, 0.6) is 11.6 Å². The molecule has 0 unspecified atom stereocenters. The number of aromatic nitrogens is 2. The first-order valence-corrected chi connectivity index (χ1v) is 12.9. The molecule has 38 heavy (non-hydrogen) atoms. The number of rotatable bonds is 7. The molecule has 0 spiro atoms. The normalized spacial score (nSPS) is 15.7. The highest BCUT2D eigenvalue weighted by atomic mass is 19.1. The van der Waals surface area contributed by atoms with Gasteiger partial charge in [-0.3, -0.25) is 4.79 Å². The lowest BCUT2D eigenvalue weighted by Crippen LogP contribution is -2.36. The van der Waals surface area contributed by atoms with Crippen molar-refractivity contribution in [3.8, 4) is 11.6 Å². The van der Waals surface area contributed by atoms with Crippen LogP contribution in [0.25, 0.3) is 10.8 Å². The zero-order chi connectivity index (χ0) is 25.9. The van der Waals surface area contributed by atoms with E-state index in [1.807, 2.05) is 29.2 Å². The summed E-state index contributed by atoms with van der Waals surface area (Å²) in [6.45, 7) is 2.46. The Morgan fingerprint density at radius 1 is 1.03 bits per heavy atom. The van der Waals surface area contributed by atoms with E-state index in [0.717, 1.165) is 23.6 Å². The van der Waals surface area contributed by atoms with Gasteiger partial charge in [0.2, 0.25) is 11.8 Å². The van der Waals surface area contributed by atoms with Gasteiger partial charge < -0.3 is 25.0 Å². The molecule has 2 aliphatic rings. The summed E-state index contributed by atoms with van der Waals surface area (Å²) in [6.07, 6.45) is 5.13. The number of nitrogens with one attached hydrogen (secondary N) is 2. The third kappa shape index (κ3) is 5.24. The van der Waals surface area contributed by atoms with Crippen molar-refractivity contribution in [2.24, 2.45) is 0 Å². The maximum absolute atomic E-state index is 14.4. The van der Waals surface area contributed by atoms with Crippen LogP contribution in [0, 0.1) is 5.82 Å². The standard InChI is InChI=1S/C29H28FN5O3/c30-20-16-19(17-22(18-20)35-12-14-37-15-13-35)28(36)33-25-8-9-26(24-7-2-1-6-23(24)25)38-27-10-11-31-29(34-27)32-21-4-3-5-21/h1-2,6-11,16-18,21H,3-5,12-15H2,(H,33,36)(H,31,32,34). The second-order valence-electron chi connectivity index (χ2n) is 9.50. The molecular formula is C29H28FN5O3. The third-order valence-electron chi connectivity index (χ3n) is 6.94. The Morgan fingerprint density at radius 2 is 1.84 bits per heavy atom. The first-order chi connectivity index (χ1) is 18.6. The molecule has 1 aromatic heterocycles. The Morgan fingerprint density at radius 3 is 2.63 bits per heavy atom. The van der Waals surface area contributed by atoms with Gasteiger partial charge in [0.1, 0.15) is 11.6 Å². The second-order valence-corrected chi connectivity index (χ2v) is 9.50. The highest BCUT2D eigenvalue weighted by molar-refractivity contribution is 6.10. The predicted octanol–water partition coefficient (Wildman–Crippen LogP) is 5.61. The Kier molecular flexibility index (Phi) is 6.75. The lowest BCUT2D eigenvalue weighted by molar-refractivity contribution is 0.102. The first kappa shape index (κ1) is 24.1. The summed E-state index contributed by atoms with van der Waals surface area (Å²) < 4.78 is 26.0. The molecule has 0 atom stereocenters. The van der Waals surface area contributed by atoms with Crippen molar-refractivity contribution in [2.75, 3.05) is 41.8 Å². The predicted molar refractivity (Wildman–Crippen MR) is 145 cm³/mol. The molecule has 1 aliphatic carbocycles. The maximum atomic E-state index is 14.4. The molecule has 1 saturated carbocycles. The van der Waals surface area contributed by atoms with Crippen LogP contribution >= 0.6 is 0 Å². The number of morpholine rings is 1. The number of amides is 1. The SMILES string of the molecule is O=C(Nc1ccc(Oc2ccnc(NC3CCC3)n2)c2ccccc12)c1cc(F)cc(N2CCOCC2)c1. The zero-order valence-corrected chi connectivity index (χ0v) is 20.8. The van der Waals surface area contributed by atoms with Crippen molar-refractivity contribution in [3.05, 3.63) is 78.2 Å². The summed E-state index contributed by atoms with van der Waals surface area (Å²) in [4.78, 5) is 24.0. The lowest BCUT2D eigenvalue weighted by atomic mass is 9.93. The molecule has 2 N–H and O–H groups in total. The fraction of sp³-hybridized carbons (Fsp3) is 0.276. The van der Waals surface area contributed by atoms with Crippen molar-refractivity contribution < 1.29 is 18.7 Å². The number of hydrogen-bond donors (Lipinski definition) is 2. The molecule has 8 nitrogen and oxygen atoms in total. The molecule has 1 amide bonds. The fourth-order valence-corrected chi connectivity index (χ4v) is 4.69. The van der Waals surface area contributed by atoms with E-state index in [1.54, 1.807) is 30.5 Å². The molecule has 4 aromatic rings. The van der Waals surface area contributed by atoms with Gasteiger partial charge in [-0.05, 0) is 49.6 Å². The van der Waals surface area contributed by atoms with Gasteiger partial charge >= 0.3 is 0 Å². The number of nitrogens with zero attached hydrogens (tertiary/aromatic N) is 3. The van der Waals surface area contributed by atoms with E-state index in [0.29, 0.717) is 61.3 Å². The molecule has 1 aliphatic heterocycles. The Labute approximate surface area is 219 Å². The van der Waals surface area contributed by atoms with Gasteiger partial charge in [-0.25, -0.2) is 9.37 Å². The number of benzene rings is 3. The largest absolute Gasteiger partial charge is 0.438 e. The van der Waals surface area contributed by atoms with Crippen LogP contribution in [-0.4, -0.2) is 48.2 Å². The number of ether oxygens (including phenoxy) is 2. The smallest absolute Gasteiger partial charge is 0.255 e. The van der Waals surface area contributed by atoms with Gasteiger partial charge in [0.15, 0.2) is 0 Å². The molecule has 2 heterocycles. The second kappa shape index (κ2) is 10.6. The van der Waals surface area contributed by atoms with Crippen LogP contribution in [0.4, 0.5) is 21.7 Å². The molecular weight excluding hydrogens is 485 g/mol. The first-order valence-electron chi connectivity index (χ1n) is 12.9. The average molecular weight is 514 g/mol. The van der Waals surface area contributed by atoms with Crippen LogP contribution in [-0.2, 0) is 4.74 Å². The summed E-state index contributed by atoms with van der Waals surface area (Å²) in [5.41, 5.74) is 1.52. The van der Waals surface area contributed by atoms with Crippen molar-refractivity contribution in [1.82, 2.24) is 9.97 Å². The van der Waals surface area contributed by atoms with E-state index in [4.69, 9.17) is 9.47 Å². The van der Waals surface area contributed by atoms with Crippen molar-refractivity contribution in [2.45, 2.75) is 25.3 Å². The fourth-order valence-electron chi connectivity index (χ4n) is 4.69. The quantitative estimate of drug-likeness (QED) is 0.332. The Hall–Kier alpha value is -4.24. The van der Waals surface area contributed by atoms with Crippen LogP contribution in [0.3, 0.4) is 0 Å². The van der Waals surface area contributed by atoms with E-state index >= 15 is 0 Å². The maximum Gasteiger partial charge on any atom is 0.255 e. The molecule has 194 valence electrons. The summed E-state index contributed by atoms with van der Waals surface area (Å²) in [5.74, 6) is 0.738. The number of anilines is 3. The van der Waals surface area contributed by atoms with Crippen LogP contribution in [0.15, 0.2) is 66.9 Å². The molecule has 0 bridgehead atoms. The minimum Gasteiger partial charge on any atom is -0.438 e. The van der Waals surface area contributed by atoms with E-state index in [1.165, 1.54) is 18.6 Å².